The lowest BCUT2D eigenvalue weighted by Gasteiger charge is -2.10. The van der Waals surface area contributed by atoms with Crippen molar-refractivity contribution in [2.45, 2.75) is 11.8 Å². The Bertz CT molecular complexity index is 528. The molecule has 0 heterocycles. The van der Waals surface area contributed by atoms with Crippen LogP contribution in [0.4, 0.5) is 5.69 Å². The first-order valence-corrected chi connectivity index (χ1v) is 7.35. The van der Waals surface area contributed by atoms with E-state index < -0.39 is 0 Å². The predicted octanol–water partition coefficient (Wildman–Crippen LogP) is 4.21. The number of nitrogens with one attached hydrogen (secondary N) is 1. The zero-order valence-corrected chi connectivity index (χ0v) is 12.2. The van der Waals surface area contributed by atoms with E-state index in [-0.39, 0.29) is 0 Å². The van der Waals surface area contributed by atoms with Crippen molar-refractivity contribution in [3.63, 3.8) is 0 Å². The molecule has 0 aliphatic carbocycles. The first kappa shape index (κ1) is 13.8. The number of hydrogen-bond donors (Lipinski definition) is 1. The second-order valence-electron chi connectivity index (χ2n) is 4.24. The number of rotatable bonds is 6. The molecule has 0 spiro atoms. The van der Waals surface area contributed by atoms with Gasteiger partial charge in [0.2, 0.25) is 0 Å². The van der Waals surface area contributed by atoms with Gasteiger partial charge in [-0.1, -0.05) is 30.3 Å². The van der Waals surface area contributed by atoms with E-state index in [0.29, 0.717) is 0 Å². The number of thioether (sulfide) groups is 1. The Balaban J connectivity index is 1.83. The van der Waals surface area contributed by atoms with Crippen molar-refractivity contribution in [3.8, 4) is 5.75 Å². The van der Waals surface area contributed by atoms with Gasteiger partial charge in [-0.3, -0.25) is 0 Å². The third kappa shape index (κ3) is 3.93. The van der Waals surface area contributed by atoms with Crippen molar-refractivity contribution in [1.82, 2.24) is 0 Å². The van der Waals surface area contributed by atoms with Gasteiger partial charge in [-0.05, 0) is 30.7 Å². The van der Waals surface area contributed by atoms with Crippen molar-refractivity contribution in [2.24, 2.45) is 0 Å². The number of para-hydroxylation sites is 2. The lowest BCUT2D eigenvalue weighted by atomic mass is 10.2. The predicted molar refractivity (Wildman–Crippen MR) is 83.4 cm³/mol. The summed E-state index contributed by atoms with van der Waals surface area (Å²) >= 11 is 1.81. The lowest BCUT2D eigenvalue weighted by Crippen LogP contribution is -2.05. The monoisotopic (exact) mass is 273 g/mol. The van der Waals surface area contributed by atoms with Crippen LogP contribution in [-0.2, 0) is 0 Å². The standard InChI is InChI=1S/C16H19NOS/c1-13-7-3-4-8-14(13)17-11-12-19-16-10-6-5-9-15(16)18-2/h3-10,17H,11-12H2,1-2H3. The molecular formula is C16H19NOS. The Morgan fingerprint density at radius 3 is 2.58 bits per heavy atom. The van der Waals surface area contributed by atoms with Gasteiger partial charge in [-0.25, -0.2) is 0 Å². The van der Waals surface area contributed by atoms with Crippen LogP contribution in [0.25, 0.3) is 0 Å². The molecule has 2 aromatic carbocycles. The van der Waals surface area contributed by atoms with Gasteiger partial charge in [0.25, 0.3) is 0 Å². The molecule has 2 nitrogen and oxygen atoms in total. The minimum atomic E-state index is 0.938. The molecule has 0 saturated heterocycles. The van der Waals surface area contributed by atoms with E-state index in [4.69, 9.17) is 4.74 Å². The second-order valence-corrected chi connectivity index (χ2v) is 5.38. The topological polar surface area (TPSA) is 21.3 Å². The number of benzene rings is 2. The Hall–Kier alpha value is -1.61. The second kappa shape index (κ2) is 7.10. The van der Waals surface area contributed by atoms with E-state index in [9.17, 15) is 0 Å². The Morgan fingerprint density at radius 2 is 1.79 bits per heavy atom. The lowest BCUT2D eigenvalue weighted by molar-refractivity contribution is 0.405. The number of aryl methyl sites for hydroxylation is 1. The average molecular weight is 273 g/mol. The summed E-state index contributed by atoms with van der Waals surface area (Å²) in [6.45, 7) is 3.06. The number of anilines is 1. The van der Waals surface area contributed by atoms with Gasteiger partial charge < -0.3 is 10.1 Å². The van der Waals surface area contributed by atoms with Crippen molar-refractivity contribution in [2.75, 3.05) is 24.7 Å². The summed E-state index contributed by atoms with van der Waals surface area (Å²) in [6, 6.07) is 16.5. The summed E-state index contributed by atoms with van der Waals surface area (Å²) in [5, 5.41) is 3.46. The fraction of sp³-hybridized carbons (Fsp3) is 0.250. The SMILES string of the molecule is COc1ccccc1SCCNc1ccccc1C. The van der Waals surface area contributed by atoms with Crippen LogP contribution in [-0.4, -0.2) is 19.4 Å². The van der Waals surface area contributed by atoms with E-state index >= 15 is 0 Å². The number of hydrogen-bond acceptors (Lipinski definition) is 3. The van der Waals surface area contributed by atoms with Gasteiger partial charge in [0.05, 0.1) is 7.11 Å². The zero-order valence-electron chi connectivity index (χ0n) is 11.3. The molecule has 0 bridgehead atoms. The van der Waals surface area contributed by atoms with Crippen molar-refractivity contribution < 1.29 is 4.74 Å². The van der Waals surface area contributed by atoms with Crippen molar-refractivity contribution in [1.29, 1.82) is 0 Å². The highest BCUT2D eigenvalue weighted by molar-refractivity contribution is 7.99. The van der Waals surface area contributed by atoms with E-state index in [0.717, 1.165) is 18.0 Å². The molecule has 0 radical (unpaired) electrons. The van der Waals surface area contributed by atoms with Crippen LogP contribution in [0.2, 0.25) is 0 Å². The van der Waals surface area contributed by atoms with Gasteiger partial charge in [-0.15, -0.1) is 11.8 Å². The van der Waals surface area contributed by atoms with Gasteiger partial charge in [-0.2, -0.15) is 0 Å². The highest BCUT2D eigenvalue weighted by Gasteiger charge is 2.02. The van der Waals surface area contributed by atoms with Gasteiger partial charge >= 0.3 is 0 Å². The van der Waals surface area contributed by atoms with Crippen LogP contribution < -0.4 is 10.1 Å². The fourth-order valence-corrected chi connectivity index (χ4v) is 2.75. The minimum absolute atomic E-state index is 0.938. The summed E-state index contributed by atoms with van der Waals surface area (Å²) in [4.78, 5) is 1.19. The molecule has 0 amide bonds. The average Bonchev–Trinajstić information content (AvgIpc) is 2.45. The number of methoxy groups -OCH3 is 1. The number of ether oxygens (including phenoxy) is 1. The quantitative estimate of drug-likeness (QED) is 0.629. The van der Waals surface area contributed by atoms with Crippen LogP contribution in [0.3, 0.4) is 0 Å². The third-order valence-corrected chi connectivity index (χ3v) is 3.95. The first-order valence-electron chi connectivity index (χ1n) is 6.36. The molecule has 2 rings (SSSR count). The molecular weight excluding hydrogens is 254 g/mol. The highest BCUT2D eigenvalue weighted by Crippen LogP contribution is 2.28. The smallest absolute Gasteiger partial charge is 0.132 e. The molecule has 3 heteroatoms. The Kier molecular flexibility index (Phi) is 5.16. The molecule has 100 valence electrons. The third-order valence-electron chi connectivity index (χ3n) is 2.89. The largest absolute Gasteiger partial charge is 0.496 e. The summed E-state index contributed by atoms with van der Waals surface area (Å²) < 4.78 is 5.34. The summed E-state index contributed by atoms with van der Waals surface area (Å²) in [7, 11) is 1.71. The van der Waals surface area contributed by atoms with E-state index in [1.165, 1.54) is 16.1 Å². The van der Waals surface area contributed by atoms with Gasteiger partial charge in [0, 0.05) is 22.9 Å². The van der Waals surface area contributed by atoms with E-state index in [2.05, 4.69) is 42.6 Å². The molecule has 0 aliphatic heterocycles. The molecule has 0 aromatic heterocycles. The summed E-state index contributed by atoms with van der Waals surface area (Å²) in [5.41, 5.74) is 2.49. The summed E-state index contributed by atoms with van der Waals surface area (Å²) in [5.74, 6) is 1.96. The van der Waals surface area contributed by atoms with Crippen LogP contribution in [0.5, 0.6) is 5.75 Å². The normalized spacial score (nSPS) is 10.2. The van der Waals surface area contributed by atoms with Crippen LogP contribution in [0.15, 0.2) is 53.4 Å². The van der Waals surface area contributed by atoms with Crippen LogP contribution in [0.1, 0.15) is 5.56 Å². The Labute approximate surface area is 119 Å². The summed E-state index contributed by atoms with van der Waals surface area (Å²) in [6.07, 6.45) is 0. The molecule has 19 heavy (non-hydrogen) atoms. The van der Waals surface area contributed by atoms with Crippen LogP contribution >= 0.6 is 11.8 Å². The van der Waals surface area contributed by atoms with Crippen LogP contribution in [0, 0.1) is 6.92 Å². The van der Waals surface area contributed by atoms with E-state index in [1.807, 2.05) is 30.0 Å². The first-order chi connectivity index (χ1) is 9.31. The highest BCUT2D eigenvalue weighted by atomic mass is 32.2. The van der Waals surface area contributed by atoms with Gasteiger partial charge in [0.1, 0.15) is 5.75 Å². The fourth-order valence-electron chi connectivity index (χ4n) is 1.86. The van der Waals surface area contributed by atoms with Gasteiger partial charge in [0.15, 0.2) is 0 Å². The molecule has 0 atom stereocenters. The molecule has 0 fully saturated rings. The molecule has 2 aromatic rings. The minimum Gasteiger partial charge on any atom is -0.496 e. The maximum Gasteiger partial charge on any atom is 0.132 e. The molecule has 1 N–H and O–H groups in total. The molecule has 0 unspecified atom stereocenters. The molecule has 0 aliphatic rings. The van der Waals surface area contributed by atoms with Crippen molar-refractivity contribution >= 4 is 17.4 Å². The Morgan fingerprint density at radius 1 is 1.05 bits per heavy atom. The molecule has 0 saturated carbocycles. The van der Waals surface area contributed by atoms with E-state index in [1.54, 1.807) is 7.11 Å². The zero-order chi connectivity index (χ0) is 13.5. The maximum atomic E-state index is 5.34. The maximum absolute atomic E-state index is 5.34. The van der Waals surface area contributed by atoms with Crippen molar-refractivity contribution in [3.05, 3.63) is 54.1 Å².